The molecule has 0 amide bonds. The third-order valence-electron chi connectivity index (χ3n) is 3.26. The van der Waals surface area contributed by atoms with Crippen LogP contribution in [0.2, 0.25) is 0 Å². The van der Waals surface area contributed by atoms with E-state index in [4.69, 9.17) is 23.7 Å². The maximum absolute atomic E-state index is 5.66. The van der Waals surface area contributed by atoms with Gasteiger partial charge in [-0.1, -0.05) is 0 Å². The lowest BCUT2D eigenvalue weighted by Crippen LogP contribution is -2.33. The predicted molar refractivity (Wildman–Crippen MR) is 80.8 cm³/mol. The van der Waals surface area contributed by atoms with Crippen molar-refractivity contribution in [2.75, 3.05) is 66.4 Å². The van der Waals surface area contributed by atoms with Crippen LogP contribution in [0.3, 0.4) is 0 Å². The Morgan fingerprint density at radius 3 is 2.48 bits per heavy atom. The van der Waals surface area contributed by atoms with Crippen molar-refractivity contribution in [1.29, 1.82) is 0 Å². The van der Waals surface area contributed by atoms with Gasteiger partial charge >= 0.3 is 0 Å². The van der Waals surface area contributed by atoms with Gasteiger partial charge in [-0.15, -0.1) is 0 Å². The Hall–Kier alpha value is -0.240. The van der Waals surface area contributed by atoms with Crippen molar-refractivity contribution < 1.29 is 23.7 Å². The highest BCUT2D eigenvalue weighted by molar-refractivity contribution is 4.68. The van der Waals surface area contributed by atoms with Crippen LogP contribution in [0.1, 0.15) is 19.8 Å². The number of rotatable bonds is 14. The molecule has 0 aliphatic carbocycles. The Morgan fingerprint density at radius 1 is 1.10 bits per heavy atom. The standard InChI is InChI=1S/C15H31NO5/c1-14(12-16-13-15-4-3-5-21-15)20-11-10-19-9-8-18-7-6-17-2/h14-16H,3-13H2,1-2H3. The highest BCUT2D eigenvalue weighted by atomic mass is 16.6. The van der Waals surface area contributed by atoms with E-state index in [0.29, 0.717) is 45.7 Å². The molecule has 1 saturated heterocycles. The number of hydrogen-bond donors (Lipinski definition) is 1. The van der Waals surface area contributed by atoms with Gasteiger partial charge in [0.15, 0.2) is 0 Å². The zero-order valence-corrected chi connectivity index (χ0v) is 13.5. The lowest BCUT2D eigenvalue weighted by atomic mass is 10.2. The molecular formula is C15H31NO5. The molecule has 0 bridgehead atoms. The summed E-state index contributed by atoms with van der Waals surface area (Å²) in [4.78, 5) is 0. The van der Waals surface area contributed by atoms with Gasteiger partial charge in [-0.05, 0) is 19.8 Å². The van der Waals surface area contributed by atoms with Crippen molar-refractivity contribution in [3.63, 3.8) is 0 Å². The van der Waals surface area contributed by atoms with Crippen LogP contribution in [0.25, 0.3) is 0 Å². The molecule has 0 aromatic rings. The van der Waals surface area contributed by atoms with Crippen LogP contribution in [0.15, 0.2) is 0 Å². The third-order valence-corrected chi connectivity index (χ3v) is 3.26. The summed E-state index contributed by atoms with van der Waals surface area (Å²) in [6, 6.07) is 0. The summed E-state index contributed by atoms with van der Waals surface area (Å²) in [5.74, 6) is 0. The van der Waals surface area contributed by atoms with Crippen molar-refractivity contribution in [3.8, 4) is 0 Å². The van der Waals surface area contributed by atoms with Crippen molar-refractivity contribution >= 4 is 0 Å². The first-order valence-electron chi connectivity index (χ1n) is 7.91. The van der Waals surface area contributed by atoms with Crippen LogP contribution in [-0.2, 0) is 23.7 Å². The van der Waals surface area contributed by atoms with E-state index in [0.717, 1.165) is 19.7 Å². The summed E-state index contributed by atoms with van der Waals surface area (Å²) >= 11 is 0. The summed E-state index contributed by atoms with van der Waals surface area (Å²) in [7, 11) is 1.66. The van der Waals surface area contributed by atoms with Gasteiger partial charge in [-0.25, -0.2) is 0 Å². The van der Waals surface area contributed by atoms with Crippen molar-refractivity contribution in [2.45, 2.75) is 32.0 Å². The highest BCUT2D eigenvalue weighted by Gasteiger charge is 2.14. The van der Waals surface area contributed by atoms with Crippen LogP contribution in [0, 0.1) is 0 Å². The topological polar surface area (TPSA) is 58.2 Å². The van der Waals surface area contributed by atoms with Crippen LogP contribution in [-0.4, -0.2) is 78.7 Å². The molecule has 6 nitrogen and oxygen atoms in total. The Kier molecular flexibility index (Phi) is 12.0. The van der Waals surface area contributed by atoms with Crippen LogP contribution in [0.5, 0.6) is 0 Å². The largest absolute Gasteiger partial charge is 0.382 e. The van der Waals surface area contributed by atoms with Gasteiger partial charge < -0.3 is 29.0 Å². The van der Waals surface area contributed by atoms with Crippen LogP contribution < -0.4 is 5.32 Å². The molecule has 1 aliphatic rings. The molecule has 1 fully saturated rings. The van der Waals surface area contributed by atoms with E-state index in [-0.39, 0.29) is 6.10 Å². The van der Waals surface area contributed by atoms with E-state index in [2.05, 4.69) is 12.2 Å². The minimum atomic E-state index is 0.188. The lowest BCUT2D eigenvalue weighted by molar-refractivity contribution is -0.0121. The first-order valence-corrected chi connectivity index (χ1v) is 7.91. The van der Waals surface area contributed by atoms with Gasteiger partial charge in [0.25, 0.3) is 0 Å². The highest BCUT2D eigenvalue weighted by Crippen LogP contribution is 2.10. The van der Waals surface area contributed by atoms with Crippen LogP contribution in [0.4, 0.5) is 0 Å². The molecule has 1 aliphatic heterocycles. The quantitative estimate of drug-likeness (QED) is 0.480. The summed E-state index contributed by atoms with van der Waals surface area (Å²) < 4.78 is 26.8. The summed E-state index contributed by atoms with van der Waals surface area (Å²) in [5, 5.41) is 3.39. The first-order chi connectivity index (χ1) is 10.3. The fourth-order valence-electron chi connectivity index (χ4n) is 2.08. The number of hydrogen-bond acceptors (Lipinski definition) is 6. The van der Waals surface area contributed by atoms with E-state index in [9.17, 15) is 0 Å². The zero-order chi connectivity index (χ0) is 15.2. The first kappa shape index (κ1) is 18.8. The maximum atomic E-state index is 5.66. The Labute approximate surface area is 128 Å². The van der Waals surface area contributed by atoms with Crippen molar-refractivity contribution in [1.82, 2.24) is 5.32 Å². The minimum absolute atomic E-state index is 0.188. The van der Waals surface area contributed by atoms with Crippen molar-refractivity contribution in [2.24, 2.45) is 0 Å². The van der Waals surface area contributed by atoms with Gasteiger partial charge in [-0.2, -0.15) is 0 Å². The predicted octanol–water partition coefficient (Wildman–Crippen LogP) is 0.840. The Balaban J connectivity index is 1.77. The van der Waals surface area contributed by atoms with Gasteiger partial charge in [0.2, 0.25) is 0 Å². The SMILES string of the molecule is COCCOCCOCCOC(C)CNCC1CCCO1. The summed E-state index contributed by atoms with van der Waals surface area (Å²) in [5.41, 5.74) is 0. The van der Waals surface area contributed by atoms with E-state index in [1.165, 1.54) is 12.8 Å². The average Bonchev–Trinajstić information content (AvgIpc) is 2.99. The summed E-state index contributed by atoms with van der Waals surface area (Å²) in [6.45, 7) is 8.39. The summed E-state index contributed by atoms with van der Waals surface area (Å²) in [6.07, 6.45) is 2.93. The normalized spacial score (nSPS) is 20.0. The zero-order valence-electron chi connectivity index (χ0n) is 13.5. The monoisotopic (exact) mass is 305 g/mol. The Morgan fingerprint density at radius 2 is 1.81 bits per heavy atom. The molecule has 126 valence electrons. The molecule has 1 N–H and O–H groups in total. The number of ether oxygens (including phenoxy) is 5. The molecule has 0 aromatic carbocycles. The average molecular weight is 305 g/mol. The second-order valence-electron chi connectivity index (χ2n) is 5.19. The number of nitrogens with one attached hydrogen (secondary N) is 1. The smallest absolute Gasteiger partial charge is 0.0704 e. The third kappa shape index (κ3) is 11.0. The molecule has 0 aromatic heterocycles. The molecular weight excluding hydrogens is 274 g/mol. The van der Waals surface area contributed by atoms with Crippen LogP contribution >= 0.6 is 0 Å². The van der Waals surface area contributed by atoms with Gasteiger partial charge in [0.1, 0.15) is 0 Å². The van der Waals surface area contributed by atoms with E-state index < -0.39 is 0 Å². The number of methoxy groups -OCH3 is 1. The second kappa shape index (κ2) is 13.4. The van der Waals surface area contributed by atoms with Gasteiger partial charge in [-0.3, -0.25) is 0 Å². The molecule has 1 rings (SSSR count). The molecule has 21 heavy (non-hydrogen) atoms. The molecule has 2 unspecified atom stereocenters. The second-order valence-corrected chi connectivity index (χ2v) is 5.19. The molecule has 1 heterocycles. The maximum Gasteiger partial charge on any atom is 0.0704 e. The fourth-order valence-corrected chi connectivity index (χ4v) is 2.08. The molecule has 6 heteroatoms. The van der Waals surface area contributed by atoms with Gasteiger partial charge in [0, 0.05) is 26.8 Å². The fraction of sp³-hybridized carbons (Fsp3) is 1.00. The van der Waals surface area contributed by atoms with Gasteiger partial charge in [0.05, 0.1) is 51.8 Å². The van der Waals surface area contributed by atoms with E-state index in [1.807, 2.05) is 0 Å². The molecule has 0 saturated carbocycles. The molecule has 0 radical (unpaired) electrons. The van der Waals surface area contributed by atoms with E-state index >= 15 is 0 Å². The minimum Gasteiger partial charge on any atom is -0.382 e. The Bertz CT molecular complexity index is 224. The van der Waals surface area contributed by atoms with Crippen molar-refractivity contribution in [3.05, 3.63) is 0 Å². The van der Waals surface area contributed by atoms with E-state index in [1.54, 1.807) is 7.11 Å². The molecule has 0 spiro atoms. The molecule has 2 atom stereocenters. The lowest BCUT2D eigenvalue weighted by Gasteiger charge is -2.16.